The Morgan fingerprint density at radius 2 is 0.908 bits per heavy atom. The van der Waals surface area contributed by atoms with Crippen LogP contribution in [0.3, 0.4) is 0 Å². The van der Waals surface area contributed by atoms with Crippen LogP contribution in [0.25, 0.3) is 0 Å². The summed E-state index contributed by atoms with van der Waals surface area (Å²) in [5.74, 6) is 0.405. The molecule has 1 aromatic heterocycles. The number of halogens is 6. The van der Waals surface area contributed by atoms with E-state index >= 15 is 0 Å². The topological polar surface area (TPSA) is 118 Å². The summed E-state index contributed by atoms with van der Waals surface area (Å²) in [7, 11) is -8.65. The van der Waals surface area contributed by atoms with Gasteiger partial charge in [-0.15, -0.1) is 11.8 Å². The van der Waals surface area contributed by atoms with E-state index in [1.807, 2.05) is 200 Å². The molecule has 2 fully saturated rings. The molecular formula is C66H77F6N2O11PS. The number of ether oxygens (including phenoxy) is 10. The third-order valence-corrected chi connectivity index (χ3v) is 15.2. The van der Waals surface area contributed by atoms with E-state index in [9.17, 15) is 30.0 Å². The maximum atomic E-state index is 13.8. The number of aromatic nitrogens is 2. The first-order valence-electron chi connectivity index (χ1n) is 29.1. The van der Waals surface area contributed by atoms with Crippen molar-refractivity contribution in [2.24, 2.45) is 7.05 Å². The van der Waals surface area contributed by atoms with Crippen LogP contribution in [0.4, 0.5) is 25.2 Å². The molecule has 21 heteroatoms. The monoisotopic (exact) mass is 1250 g/mol. The molecule has 9 rings (SSSR count). The first kappa shape index (κ1) is 66.9. The number of hydrogen-bond acceptors (Lipinski definition) is 12. The predicted molar refractivity (Wildman–Crippen MR) is 320 cm³/mol. The van der Waals surface area contributed by atoms with Crippen molar-refractivity contribution in [3.8, 4) is 0 Å². The summed E-state index contributed by atoms with van der Waals surface area (Å²) in [6.45, 7) is 4.57. The number of imidazole rings is 1. The van der Waals surface area contributed by atoms with Gasteiger partial charge in [0, 0.05) is 6.42 Å². The van der Waals surface area contributed by atoms with Gasteiger partial charge < -0.3 is 47.4 Å². The Bertz CT molecular complexity index is 3050. The summed E-state index contributed by atoms with van der Waals surface area (Å²) >= 11 is 1.61. The molecule has 7 aromatic rings. The van der Waals surface area contributed by atoms with E-state index in [2.05, 4.69) is 24.0 Å². The van der Waals surface area contributed by atoms with Gasteiger partial charge in [0.2, 0.25) is 6.33 Å². The summed E-state index contributed by atoms with van der Waals surface area (Å²) in [6.07, 6.45) is 1.42. The molecule has 0 aliphatic carbocycles. The number of carbonyl (C=O) groups is 1. The number of esters is 1. The predicted octanol–water partition coefficient (Wildman–Crippen LogP) is 14.5. The molecule has 2 aliphatic heterocycles. The molecule has 0 spiro atoms. The molecule has 0 N–H and O–H groups in total. The van der Waals surface area contributed by atoms with Gasteiger partial charge in [-0.3, -0.25) is 4.79 Å². The van der Waals surface area contributed by atoms with Crippen molar-refractivity contribution in [2.75, 3.05) is 19.0 Å². The molecule has 3 heterocycles. The second-order valence-corrected chi connectivity index (χ2v) is 24.5. The van der Waals surface area contributed by atoms with Crippen molar-refractivity contribution < 1.29 is 81.9 Å². The Kier molecular flexibility index (Phi) is 25.0. The van der Waals surface area contributed by atoms with E-state index in [1.54, 1.807) is 11.8 Å². The molecule has 6 aromatic carbocycles. The van der Waals surface area contributed by atoms with Crippen molar-refractivity contribution in [1.29, 1.82) is 0 Å². The molecule has 0 unspecified atom stereocenters. The summed E-state index contributed by atoms with van der Waals surface area (Å²) in [5.41, 5.74) is 5.36. The Hall–Kier alpha value is -6.00. The molecule has 13 nitrogen and oxygen atoms in total. The van der Waals surface area contributed by atoms with Crippen LogP contribution < -0.4 is 4.57 Å². The first-order valence-corrected chi connectivity index (χ1v) is 32.2. The Labute approximate surface area is 509 Å². The first-order chi connectivity index (χ1) is 41.9. The summed E-state index contributed by atoms with van der Waals surface area (Å²) in [6, 6.07) is 60.3. The van der Waals surface area contributed by atoms with Crippen molar-refractivity contribution in [3.05, 3.63) is 234 Å². The number of hydrogen-bond donors (Lipinski definition) is 0. The molecule has 0 bridgehead atoms. The van der Waals surface area contributed by atoms with Crippen LogP contribution in [0.15, 0.2) is 201 Å². The van der Waals surface area contributed by atoms with Gasteiger partial charge in [-0.25, -0.2) is 9.13 Å². The van der Waals surface area contributed by atoms with Gasteiger partial charge in [-0.1, -0.05) is 189 Å². The van der Waals surface area contributed by atoms with Gasteiger partial charge in [-0.2, -0.15) is 0 Å². The van der Waals surface area contributed by atoms with E-state index in [0.717, 1.165) is 58.5 Å². The van der Waals surface area contributed by atoms with Crippen LogP contribution in [-0.4, -0.2) is 90.1 Å². The molecule has 0 amide bonds. The van der Waals surface area contributed by atoms with E-state index in [1.165, 1.54) is 0 Å². The van der Waals surface area contributed by atoms with Gasteiger partial charge in [0.1, 0.15) is 73.3 Å². The van der Waals surface area contributed by atoms with Gasteiger partial charge in [0.15, 0.2) is 6.29 Å². The quantitative estimate of drug-likeness (QED) is 0.0135. The summed E-state index contributed by atoms with van der Waals surface area (Å²) in [5, 5.41) is 0. The van der Waals surface area contributed by atoms with Gasteiger partial charge in [-0.05, 0) is 58.4 Å². The minimum absolute atomic E-state index is 0.108. The number of unbranched alkanes of at least 4 members (excludes halogenated alkanes) is 2. The number of thioether (sulfide) groups is 1. The maximum absolute atomic E-state index is 13.8. The second kappa shape index (κ2) is 32.5. The van der Waals surface area contributed by atoms with E-state index < -0.39 is 68.4 Å². The average molecular weight is 1250 g/mol. The van der Waals surface area contributed by atoms with Gasteiger partial charge in [0.25, 0.3) is 0 Å². The average Bonchev–Trinajstić information content (AvgIpc) is 1.42. The zero-order chi connectivity index (χ0) is 61.4. The van der Waals surface area contributed by atoms with Crippen molar-refractivity contribution >= 4 is 25.5 Å². The zero-order valence-electron chi connectivity index (χ0n) is 48.7. The van der Waals surface area contributed by atoms with Crippen LogP contribution in [0.5, 0.6) is 0 Å². The van der Waals surface area contributed by atoms with E-state index in [0.29, 0.717) is 13.0 Å². The van der Waals surface area contributed by atoms with Gasteiger partial charge >= 0.3 is 39.0 Å². The standard InChI is InChI=1S/C66H77N2O11S.F6P/c1-3-80-66-64(76-46-55-35-21-9-22-36-55)62(74-44-53-31-17-7-18-32-53)60(57(78-66)48-71-58(69)37-23-10-24-38-68-40-39-67(2)49-68)79-65-63(75-45-54-33-19-8-20-34-54)61(73-43-52-29-15-6-16-30-52)59(72-42-51-27-13-5-14-28-51)56(77-65)47-70-41-50-25-11-4-12-26-50;1-7(2,3,4,5)6/h4-9,11-22,25-36,39-40,49,56-57,59-66H,3,10,23-24,37-38,41-48H2,1-2H3;/q+1;-1/t56-,57-,59-,60-,61+,62+,63+,64-,65-,66+;/m1./s1. The summed E-state index contributed by atoms with van der Waals surface area (Å²) in [4.78, 5) is 13.8. The van der Waals surface area contributed by atoms with E-state index in [-0.39, 0.29) is 58.6 Å². The molecule has 2 aliphatic rings. The number of nitrogens with zero attached hydrogens (tertiary/aromatic N) is 2. The second-order valence-electron chi connectivity index (χ2n) is 21.2. The van der Waals surface area contributed by atoms with Crippen LogP contribution >= 0.6 is 19.6 Å². The van der Waals surface area contributed by atoms with E-state index in [4.69, 9.17) is 47.4 Å². The Balaban J connectivity index is 0.00000132. The summed E-state index contributed by atoms with van der Waals surface area (Å²) < 4.78 is 134. The molecular weight excluding hydrogens is 1170 g/mol. The normalized spacial score (nSPS) is 22.9. The van der Waals surface area contributed by atoms with Crippen molar-refractivity contribution in [3.63, 3.8) is 0 Å². The fraction of sp³-hybridized carbons (Fsp3) is 0.394. The molecule has 10 atom stereocenters. The molecule has 0 saturated carbocycles. The molecule has 0 radical (unpaired) electrons. The third kappa shape index (κ3) is 24.1. The Morgan fingerprint density at radius 1 is 0.506 bits per heavy atom. The van der Waals surface area contributed by atoms with Gasteiger partial charge in [0.05, 0.1) is 59.8 Å². The fourth-order valence-corrected chi connectivity index (χ4v) is 11.0. The molecule has 87 heavy (non-hydrogen) atoms. The zero-order valence-corrected chi connectivity index (χ0v) is 50.4. The number of aryl methyl sites for hydroxylation is 2. The molecule has 2 saturated heterocycles. The Morgan fingerprint density at radius 3 is 1.34 bits per heavy atom. The van der Waals surface area contributed by atoms with Crippen LogP contribution in [0.1, 0.15) is 66.0 Å². The van der Waals surface area contributed by atoms with Crippen molar-refractivity contribution in [2.45, 2.75) is 139 Å². The number of carbonyl (C=O) groups excluding carboxylic acids is 1. The van der Waals surface area contributed by atoms with Crippen LogP contribution in [0, 0.1) is 0 Å². The number of benzene rings is 6. The molecule has 470 valence electrons. The van der Waals surface area contributed by atoms with Crippen LogP contribution in [0.2, 0.25) is 0 Å². The van der Waals surface area contributed by atoms with Crippen molar-refractivity contribution in [1.82, 2.24) is 4.57 Å². The van der Waals surface area contributed by atoms with Crippen LogP contribution in [-0.2, 0) is 105 Å². The third-order valence-electron chi connectivity index (χ3n) is 14.2. The minimum atomic E-state index is -10.7. The SMILES string of the molecule is CCS[C@@H]1O[C@H](COC(=O)CCCCCn2cc[n+](C)c2)[C@@H](O[C@H]2O[C@H](COCc3ccccc3)[C@@H](OCc3ccccc3)[C@H](OCc3ccccc3)[C@@H]2OCc2ccccc2)[C@H](OCc2ccccc2)[C@H]1OCc1ccccc1.F[P-](F)(F)(F)(F)F. The number of rotatable bonds is 31. The fourth-order valence-electron chi connectivity index (χ4n) is 10.0.